The summed E-state index contributed by atoms with van der Waals surface area (Å²) >= 11 is 1.57. The summed E-state index contributed by atoms with van der Waals surface area (Å²) in [6.45, 7) is 2.11. The molecule has 2 heterocycles. The van der Waals surface area contributed by atoms with Crippen molar-refractivity contribution in [2.45, 2.75) is 4.90 Å². The van der Waals surface area contributed by atoms with Crippen molar-refractivity contribution in [3.63, 3.8) is 0 Å². The zero-order valence-corrected chi connectivity index (χ0v) is 13.7. The van der Waals surface area contributed by atoms with Crippen LogP contribution < -0.4 is 0 Å². The fraction of sp³-hybridized carbons (Fsp3) is 0.294. The molecule has 0 saturated carbocycles. The summed E-state index contributed by atoms with van der Waals surface area (Å²) in [5.74, 6) is 0.254. The van der Waals surface area contributed by atoms with Crippen LogP contribution in [0.1, 0.15) is 20.9 Å². The maximum atomic E-state index is 12.7. The summed E-state index contributed by atoms with van der Waals surface area (Å²) in [6, 6.07) is 11.0. The second-order valence-electron chi connectivity index (χ2n) is 5.26. The molecule has 0 unspecified atom stereocenters. The van der Waals surface area contributed by atoms with E-state index in [1.807, 2.05) is 30.5 Å². The van der Waals surface area contributed by atoms with Crippen LogP contribution in [0.15, 0.2) is 52.0 Å². The minimum Gasteiger partial charge on any atom is -0.459 e. The van der Waals surface area contributed by atoms with Crippen molar-refractivity contribution in [2.24, 2.45) is 0 Å². The van der Waals surface area contributed by atoms with E-state index in [9.17, 15) is 9.59 Å². The molecule has 5 nitrogen and oxygen atoms in total. The van der Waals surface area contributed by atoms with Gasteiger partial charge in [0.05, 0.1) is 11.8 Å². The van der Waals surface area contributed by atoms with E-state index < -0.39 is 0 Å². The minimum absolute atomic E-state index is 0.0278. The van der Waals surface area contributed by atoms with Gasteiger partial charge in [0, 0.05) is 31.1 Å². The van der Waals surface area contributed by atoms with Gasteiger partial charge in [-0.1, -0.05) is 12.1 Å². The van der Waals surface area contributed by atoms with Gasteiger partial charge < -0.3 is 14.2 Å². The van der Waals surface area contributed by atoms with Gasteiger partial charge in [-0.3, -0.25) is 9.59 Å². The van der Waals surface area contributed by atoms with Gasteiger partial charge in [0.2, 0.25) is 0 Å². The van der Waals surface area contributed by atoms with Crippen LogP contribution in [0.2, 0.25) is 0 Å². The zero-order chi connectivity index (χ0) is 16.2. The van der Waals surface area contributed by atoms with Gasteiger partial charge in [0.15, 0.2) is 5.76 Å². The summed E-state index contributed by atoms with van der Waals surface area (Å²) in [4.78, 5) is 29.4. The minimum atomic E-state index is -0.119. The summed E-state index contributed by atoms with van der Waals surface area (Å²) in [7, 11) is 0. The van der Waals surface area contributed by atoms with Crippen molar-refractivity contribution >= 4 is 23.6 Å². The Morgan fingerprint density at radius 3 is 2.22 bits per heavy atom. The number of furan rings is 1. The Morgan fingerprint density at radius 1 is 0.957 bits per heavy atom. The Labute approximate surface area is 139 Å². The molecule has 23 heavy (non-hydrogen) atoms. The second-order valence-corrected chi connectivity index (χ2v) is 6.11. The number of nitrogens with zero attached hydrogens (tertiary/aromatic N) is 2. The van der Waals surface area contributed by atoms with Crippen molar-refractivity contribution in [1.29, 1.82) is 0 Å². The normalized spacial score (nSPS) is 14.8. The number of carbonyl (C=O) groups excluding carboxylic acids is 2. The topological polar surface area (TPSA) is 53.8 Å². The molecule has 2 amide bonds. The number of rotatable bonds is 3. The predicted molar refractivity (Wildman–Crippen MR) is 88.7 cm³/mol. The predicted octanol–water partition coefficient (Wildman–Crippen LogP) is 2.60. The van der Waals surface area contributed by atoms with E-state index in [2.05, 4.69) is 0 Å². The van der Waals surface area contributed by atoms with Crippen LogP contribution in [0.5, 0.6) is 0 Å². The molecule has 0 bridgehead atoms. The Kier molecular flexibility index (Phi) is 4.71. The van der Waals surface area contributed by atoms with Crippen LogP contribution in [0.4, 0.5) is 0 Å². The average Bonchev–Trinajstić information content (AvgIpc) is 3.15. The first kappa shape index (κ1) is 15.7. The van der Waals surface area contributed by atoms with Crippen molar-refractivity contribution in [2.75, 3.05) is 32.4 Å². The Bertz CT molecular complexity index is 692. The third-order valence-electron chi connectivity index (χ3n) is 3.92. The zero-order valence-electron chi connectivity index (χ0n) is 12.9. The lowest BCUT2D eigenvalue weighted by atomic mass is 10.1. The highest BCUT2D eigenvalue weighted by molar-refractivity contribution is 7.98. The fourth-order valence-electron chi connectivity index (χ4n) is 2.66. The largest absolute Gasteiger partial charge is 0.459 e. The molecule has 0 spiro atoms. The van der Waals surface area contributed by atoms with E-state index in [0.29, 0.717) is 31.9 Å². The smallest absolute Gasteiger partial charge is 0.289 e. The summed E-state index contributed by atoms with van der Waals surface area (Å²) in [5.41, 5.74) is 0.728. The van der Waals surface area contributed by atoms with Crippen LogP contribution in [0, 0.1) is 0 Å². The molecule has 1 saturated heterocycles. The maximum Gasteiger partial charge on any atom is 0.289 e. The maximum absolute atomic E-state index is 12.7. The first-order valence-electron chi connectivity index (χ1n) is 7.46. The van der Waals surface area contributed by atoms with Crippen LogP contribution >= 0.6 is 11.8 Å². The van der Waals surface area contributed by atoms with E-state index in [4.69, 9.17) is 4.42 Å². The van der Waals surface area contributed by atoms with E-state index in [1.165, 1.54) is 6.26 Å². The monoisotopic (exact) mass is 330 g/mol. The van der Waals surface area contributed by atoms with E-state index in [1.54, 1.807) is 33.7 Å². The lowest BCUT2D eigenvalue weighted by molar-refractivity contribution is 0.0516. The summed E-state index contributed by atoms with van der Waals surface area (Å²) in [6.07, 6.45) is 3.46. The van der Waals surface area contributed by atoms with E-state index >= 15 is 0 Å². The molecule has 1 aliphatic rings. The van der Waals surface area contributed by atoms with Crippen LogP contribution in [0.25, 0.3) is 0 Å². The standard InChI is InChI=1S/C17H18N2O3S/c1-23-15-7-3-2-5-13(15)16(20)18-8-10-19(11-9-18)17(21)14-6-4-12-22-14/h2-7,12H,8-11H2,1H3. The molecular weight excluding hydrogens is 312 g/mol. The molecule has 0 radical (unpaired) electrons. The SMILES string of the molecule is CSc1ccccc1C(=O)N1CCN(C(=O)c2ccco2)CC1. The van der Waals surface area contributed by atoms with Gasteiger partial charge in [0.1, 0.15) is 0 Å². The molecule has 0 N–H and O–H groups in total. The molecule has 1 aromatic heterocycles. The van der Waals surface area contributed by atoms with Gasteiger partial charge in [-0.05, 0) is 30.5 Å². The Hall–Kier alpha value is -2.21. The first-order chi connectivity index (χ1) is 11.2. The van der Waals surface area contributed by atoms with Gasteiger partial charge in [-0.25, -0.2) is 0 Å². The fourth-order valence-corrected chi connectivity index (χ4v) is 3.25. The van der Waals surface area contributed by atoms with E-state index in [-0.39, 0.29) is 11.8 Å². The van der Waals surface area contributed by atoms with Crippen LogP contribution in [0.3, 0.4) is 0 Å². The van der Waals surface area contributed by atoms with Crippen LogP contribution in [-0.4, -0.2) is 54.0 Å². The van der Waals surface area contributed by atoms with Gasteiger partial charge in [-0.2, -0.15) is 0 Å². The molecule has 1 aromatic carbocycles. The lowest BCUT2D eigenvalue weighted by Crippen LogP contribution is -2.50. The van der Waals surface area contributed by atoms with Gasteiger partial charge in [-0.15, -0.1) is 11.8 Å². The molecular formula is C17H18N2O3S. The molecule has 1 fully saturated rings. The second kappa shape index (κ2) is 6.91. The molecule has 0 atom stereocenters. The van der Waals surface area contributed by atoms with Crippen molar-refractivity contribution in [1.82, 2.24) is 9.80 Å². The molecule has 1 aliphatic heterocycles. The number of benzene rings is 1. The van der Waals surface area contributed by atoms with E-state index in [0.717, 1.165) is 10.5 Å². The number of thioether (sulfide) groups is 1. The van der Waals surface area contributed by atoms with Gasteiger partial charge >= 0.3 is 0 Å². The highest BCUT2D eigenvalue weighted by Gasteiger charge is 2.27. The summed E-state index contributed by atoms with van der Waals surface area (Å²) < 4.78 is 5.15. The average molecular weight is 330 g/mol. The number of hydrogen-bond donors (Lipinski definition) is 0. The third-order valence-corrected chi connectivity index (χ3v) is 4.72. The Morgan fingerprint density at radius 2 is 1.61 bits per heavy atom. The highest BCUT2D eigenvalue weighted by atomic mass is 32.2. The molecule has 120 valence electrons. The molecule has 3 rings (SSSR count). The van der Waals surface area contributed by atoms with Crippen molar-refractivity contribution < 1.29 is 14.0 Å². The lowest BCUT2D eigenvalue weighted by Gasteiger charge is -2.34. The number of carbonyl (C=O) groups is 2. The summed E-state index contributed by atoms with van der Waals surface area (Å²) in [5, 5.41) is 0. The molecule has 0 aliphatic carbocycles. The van der Waals surface area contributed by atoms with Crippen molar-refractivity contribution in [3.8, 4) is 0 Å². The quantitative estimate of drug-likeness (QED) is 0.812. The van der Waals surface area contributed by atoms with Crippen molar-refractivity contribution in [3.05, 3.63) is 54.0 Å². The number of amides is 2. The third kappa shape index (κ3) is 3.27. The Balaban J connectivity index is 1.65. The molecule has 2 aromatic rings. The number of piperazine rings is 1. The first-order valence-corrected chi connectivity index (χ1v) is 8.68. The molecule has 6 heteroatoms. The van der Waals surface area contributed by atoms with Crippen LogP contribution in [-0.2, 0) is 0 Å². The van der Waals surface area contributed by atoms with Gasteiger partial charge in [0.25, 0.3) is 11.8 Å². The number of hydrogen-bond acceptors (Lipinski definition) is 4. The highest BCUT2D eigenvalue weighted by Crippen LogP contribution is 2.22.